The van der Waals surface area contributed by atoms with E-state index in [9.17, 15) is 0 Å². The summed E-state index contributed by atoms with van der Waals surface area (Å²) in [6.07, 6.45) is 5.24. The molecule has 3 aromatic heterocycles. The third kappa shape index (κ3) is 2.02. The van der Waals surface area contributed by atoms with Crippen LogP contribution in [0.25, 0.3) is 0 Å². The molecule has 0 aliphatic heterocycles. The second-order valence-corrected chi connectivity index (χ2v) is 15.5. The molecular weight excluding hydrogens is 337 g/mol. The van der Waals surface area contributed by atoms with E-state index >= 15 is 0 Å². The molecule has 3 rings (SSSR count). The standard InChI is InChI=1S/C18H22GeO3/c1-14(2)18(3,4)19(15-8-5-11-20-15,16-9-6-12-21-16)17-10-7-13-22-17/h5-14H,1-4H3. The number of hydrogen-bond acceptors (Lipinski definition) is 3. The third-order valence-electron chi connectivity index (χ3n) is 5.08. The van der Waals surface area contributed by atoms with Crippen LogP contribution in [0.5, 0.6) is 0 Å². The second-order valence-electron chi connectivity index (χ2n) is 6.56. The topological polar surface area (TPSA) is 39.4 Å². The van der Waals surface area contributed by atoms with Crippen LogP contribution in [-0.2, 0) is 0 Å². The summed E-state index contributed by atoms with van der Waals surface area (Å²) >= 11 is -3.24. The van der Waals surface area contributed by atoms with Crippen molar-refractivity contribution in [3.05, 3.63) is 55.2 Å². The van der Waals surface area contributed by atoms with Gasteiger partial charge in [-0.15, -0.1) is 0 Å². The summed E-state index contributed by atoms with van der Waals surface area (Å²) in [5, 5.41) is 0. The van der Waals surface area contributed by atoms with Crippen LogP contribution in [0.15, 0.2) is 68.4 Å². The van der Waals surface area contributed by atoms with Crippen molar-refractivity contribution < 1.29 is 13.3 Å². The average Bonchev–Trinajstić information content (AvgIpc) is 3.24. The predicted molar refractivity (Wildman–Crippen MR) is 89.7 cm³/mol. The van der Waals surface area contributed by atoms with Crippen molar-refractivity contribution in [1.82, 2.24) is 0 Å². The minimum atomic E-state index is -3.24. The zero-order valence-corrected chi connectivity index (χ0v) is 15.6. The molecule has 0 bridgehead atoms. The van der Waals surface area contributed by atoms with Crippen LogP contribution in [0.3, 0.4) is 0 Å². The molecule has 0 saturated carbocycles. The Labute approximate surface area is 133 Å². The molecule has 116 valence electrons. The fraction of sp³-hybridized carbons (Fsp3) is 0.333. The summed E-state index contributed by atoms with van der Waals surface area (Å²) in [6.45, 7) is 9.14. The van der Waals surface area contributed by atoms with Gasteiger partial charge in [0.1, 0.15) is 0 Å². The third-order valence-corrected chi connectivity index (χ3v) is 16.8. The zero-order valence-electron chi connectivity index (χ0n) is 13.5. The Bertz CT molecular complexity index is 608. The Morgan fingerprint density at radius 1 is 0.773 bits per heavy atom. The van der Waals surface area contributed by atoms with Gasteiger partial charge in [-0.3, -0.25) is 0 Å². The van der Waals surface area contributed by atoms with Crippen LogP contribution in [-0.4, -0.2) is 13.3 Å². The van der Waals surface area contributed by atoms with E-state index < -0.39 is 13.3 Å². The quantitative estimate of drug-likeness (QED) is 0.656. The van der Waals surface area contributed by atoms with E-state index in [1.54, 1.807) is 18.8 Å². The van der Waals surface area contributed by atoms with Gasteiger partial charge in [0.25, 0.3) is 0 Å². The monoisotopic (exact) mass is 360 g/mol. The first-order valence-electron chi connectivity index (χ1n) is 7.63. The average molecular weight is 359 g/mol. The molecule has 3 aromatic rings. The summed E-state index contributed by atoms with van der Waals surface area (Å²) in [4.78, 5) is 0. The Morgan fingerprint density at radius 3 is 1.36 bits per heavy atom. The van der Waals surface area contributed by atoms with E-state index in [0.717, 1.165) is 13.8 Å². The Hall–Kier alpha value is -1.62. The molecule has 3 nitrogen and oxygen atoms in total. The van der Waals surface area contributed by atoms with Crippen molar-refractivity contribution in [3.8, 4) is 0 Å². The molecule has 0 N–H and O–H groups in total. The molecule has 0 atom stereocenters. The first-order chi connectivity index (χ1) is 10.5. The normalized spacial score (nSPS) is 13.0. The summed E-state index contributed by atoms with van der Waals surface area (Å²) in [7, 11) is 0. The van der Waals surface area contributed by atoms with Crippen molar-refractivity contribution in [2.75, 3.05) is 0 Å². The van der Waals surface area contributed by atoms with E-state index in [1.165, 1.54) is 0 Å². The van der Waals surface area contributed by atoms with Gasteiger partial charge in [-0.1, -0.05) is 0 Å². The van der Waals surface area contributed by atoms with Gasteiger partial charge >= 0.3 is 133 Å². The van der Waals surface area contributed by atoms with Crippen LogP contribution in [0.4, 0.5) is 0 Å². The molecule has 4 heteroatoms. The summed E-state index contributed by atoms with van der Waals surface area (Å²) in [5.41, 5.74) is 0. The van der Waals surface area contributed by atoms with Gasteiger partial charge in [0.2, 0.25) is 0 Å². The van der Waals surface area contributed by atoms with Crippen molar-refractivity contribution in [2.24, 2.45) is 5.92 Å². The predicted octanol–water partition coefficient (Wildman–Crippen LogP) is 3.37. The summed E-state index contributed by atoms with van der Waals surface area (Å²) in [5.74, 6) is 0.452. The molecule has 0 aromatic carbocycles. The van der Waals surface area contributed by atoms with Gasteiger partial charge in [0.15, 0.2) is 0 Å². The Morgan fingerprint density at radius 2 is 1.14 bits per heavy atom. The molecule has 3 heterocycles. The maximum absolute atomic E-state index is 5.95. The molecule has 0 fully saturated rings. The molecule has 0 spiro atoms. The molecule has 22 heavy (non-hydrogen) atoms. The zero-order chi connectivity index (χ0) is 15.8. The van der Waals surface area contributed by atoms with Crippen LogP contribution in [0.1, 0.15) is 27.7 Å². The van der Waals surface area contributed by atoms with Gasteiger partial charge in [-0.05, 0) is 0 Å². The van der Waals surface area contributed by atoms with Crippen LogP contribution in [0.2, 0.25) is 4.25 Å². The van der Waals surface area contributed by atoms with Crippen molar-refractivity contribution in [2.45, 2.75) is 31.9 Å². The van der Waals surface area contributed by atoms with E-state index in [2.05, 4.69) is 45.9 Å². The van der Waals surface area contributed by atoms with Crippen molar-refractivity contribution >= 4 is 27.0 Å². The van der Waals surface area contributed by atoms with Crippen LogP contribution in [0, 0.1) is 5.92 Å². The van der Waals surface area contributed by atoms with Crippen LogP contribution >= 0.6 is 0 Å². The molecule has 0 radical (unpaired) electrons. The SMILES string of the molecule is CC(C)[C](C)(C)[Ge]([c]1ccco1)([c]1ccco1)[c]1ccco1. The molecule has 0 amide bonds. The Kier molecular flexibility index (Phi) is 3.85. The number of furan rings is 3. The van der Waals surface area contributed by atoms with Crippen molar-refractivity contribution in [1.29, 1.82) is 0 Å². The maximum atomic E-state index is 5.95. The molecular formula is C18H22GeO3. The number of hydrogen-bond donors (Lipinski definition) is 0. The van der Waals surface area contributed by atoms with Gasteiger partial charge in [-0.2, -0.15) is 0 Å². The van der Waals surface area contributed by atoms with E-state index in [-0.39, 0.29) is 4.25 Å². The van der Waals surface area contributed by atoms with Gasteiger partial charge < -0.3 is 0 Å². The minimum absolute atomic E-state index is 0.00639. The van der Waals surface area contributed by atoms with Crippen molar-refractivity contribution in [3.63, 3.8) is 0 Å². The van der Waals surface area contributed by atoms with Crippen LogP contribution < -0.4 is 13.8 Å². The fourth-order valence-corrected chi connectivity index (χ4v) is 14.3. The van der Waals surface area contributed by atoms with Gasteiger partial charge in [0, 0.05) is 0 Å². The molecule has 0 unspecified atom stereocenters. The first-order valence-corrected chi connectivity index (χ1v) is 11.8. The van der Waals surface area contributed by atoms with Gasteiger partial charge in [0.05, 0.1) is 0 Å². The molecule has 0 saturated heterocycles. The van der Waals surface area contributed by atoms with E-state index in [4.69, 9.17) is 13.3 Å². The fourth-order valence-electron chi connectivity index (χ4n) is 3.23. The second kappa shape index (κ2) is 5.54. The molecule has 0 aliphatic carbocycles. The molecule has 0 aliphatic rings. The van der Waals surface area contributed by atoms with E-state index in [1.807, 2.05) is 18.2 Å². The van der Waals surface area contributed by atoms with E-state index in [0.29, 0.717) is 5.92 Å². The first kappa shape index (κ1) is 15.3. The summed E-state index contributed by atoms with van der Waals surface area (Å²) < 4.78 is 20.9. The number of rotatable bonds is 5. The summed E-state index contributed by atoms with van der Waals surface area (Å²) in [6, 6.07) is 12.1. The Balaban J connectivity index is 2.39. The van der Waals surface area contributed by atoms with Gasteiger partial charge in [-0.25, -0.2) is 0 Å².